The van der Waals surface area contributed by atoms with Gasteiger partial charge in [0, 0.05) is 0 Å². The van der Waals surface area contributed by atoms with E-state index in [1.54, 1.807) is 0 Å². The van der Waals surface area contributed by atoms with Gasteiger partial charge in [0.15, 0.2) is 0 Å². The first kappa shape index (κ1) is 10.9. The van der Waals surface area contributed by atoms with E-state index in [1.807, 2.05) is 20.8 Å². The second-order valence-electron chi connectivity index (χ2n) is 4.01. The molecule has 0 aromatic heterocycles. The number of halogens is 1. The molecule has 0 rings (SSSR count). The summed E-state index contributed by atoms with van der Waals surface area (Å²) in [5, 5.41) is 0. The predicted molar refractivity (Wildman–Crippen MR) is 48.4 cm³/mol. The van der Waals surface area contributed by atoms with E-state index in [4.69, 9.17) is 0 Å². The van der Waals surface area contributed by atoms with Gasteiger partial charge in [-0.2, -0.15) is 0 Å². The van der Waals surface area contributed by atoms with E-state index in [0.717, 1.165) is 12.8 Å². The smallest absolute Gasteiger partial charge is 0.108 e. The van der Waals surface area contributed by atoms with Crippen LogP contribution in [0.25, 0.3) is 0 Å². The van der Waals surface area contributed by atoms with Crippen molar-refractivity contribution in [2.75, 3.05) is 0 Å². The first-order valence-corrected chi connectivity index (χ1v) is 4.62. The maximum absolute atomic E-state index is 13.6. The third-order valence-electron chi connectivity index (χ3n) is 2.87. The standard InChI is InChI=1S/C10H21F/c1-6-10(5,7-2)9(11)8(3)4/h8-9H,6-7H2,1-5H3. The number of rotatable bonds is 4. The molecule has 0 aliphatic rings. The Labute approximate surface area is 70.2 Å². The summed E-state index contributed by atoms with van der Waals surface area (Å²) in [5.74, 6) is 0.153. The molecule has 0 heterocycles. The van der Waals surface area contributed by atoms with Crippen LogP contribution in [0.3, 0.4) is 0 Å². The van der Waals surface area contributed by atoms with Gasteiger partial charge in [-0.3, -0.25) is 0 Å². The molecule has 0 saturated heterocycles. The molecule has 0 aliphatic heterocycles. The van der Waals surface area contributed by atoms with Crippen LogP contribution in [0.1, 0.15) is 47.5 Å². The normalized spacial score (nSPS) is 15.5. The highest BCUT2D eigenvalue weighted by Gasteiger charge is 2.32. The fraction of sp³-hybridized carbons (Fsp3) is 1.00. The SMILES string of the molecule is CCC(C)(CC)C(F)C(C)C. The van der Waals surface area contributed by atoms with Crippen molar-refractivity contribution >= 4 is 0 Å². The lowest BCUT2D eigenvalue weighted by molar-refractivity contribution is 0.0735. The number of alkyl halides is 1. The van der Waals surface area contributed by atoms with E-state index < -0.39 is 6.17 Å². The van der Waals surface area contributed by atoms with Crippen LogP contribution in [0, 0.1) is 11.3 Å². The Kier molecular flexibility index (Phi) is 4.05. The van der Waals surface area contributed by atoms with Crippen molar-refractivity contribution in [1.82, 2.24) is 0 Å². The summed E-state index contributed by atoms with van der Waals surface area (Å²) in [5.41, 5.74) is -0.103. The lowest BCUT2D eigenvalue weighted by atomic mass is 9.76. The first-order chi connectivity index (χ1) is 4.98. The van der Waals surface area contributed by atoms with Gasteiger partial charge in [0.05, 0.1) is 0 Å². The monoisotopic (exact) mass is 160 g/mol. The summed E-state index contributed by atoms with van der Waals surface area (Å²) in [7, 11) is 0. The highest BCUT2D eigenvalue weighted by Crippen LogP contribution is 2.35. The van der Waals surface area contributed by atoms with E-state index in [-0.39, 0.29) is 11.3 Å². The quantitative estimate of drug-likeness (QED) is 0.586. The highest BCUT2D eigenvalue weighted by atomic mass is 19.1. The van der Waals surface area contributed by atoms with Crippen molar-refractivity contribution in [3.05, 3.63) is 0 Å². The van der Waals surface area contributed by atoms with Crippen molar-refractivity contribution in [2.24, 2.45) is 11.3 Å². The van der Waals surface area contributed by atoms with Crippen molar-refractivity contribution in [2.45, 2.75) is 53.6 Å². The summed E-state index contributed by atoms with van der Waals surface area (Å²) >= 11 is 0. The van der Waals surface area contributed by atoms with Crippen LogP contribution in [0.2, 0.25) is 0 Å². The molecule has 0 saturated carbocycles. The molecule has 1 heteroatoms. The molecule has 0 amide bonds. The topological polar surface area (TPSA) is 0 Å². The maximum Gasteiger partial charge on any atom is 0.108 e. The highest BCUT2D eigenvalue weighted by molar-refractivity contribution is 4.81. The van der Waals surface area contributed by atoms with Crippen LogP contribution in [-0.4, -0.2) is 6.17 Å². The molecule has 1 atom stereocenters. The zero-order valence-corrected chi connectivity index (χ0v) is 8.45. The maximum atomic E-state index is 13.6. The van der Waals surface area contributed by atoms with Crippen LogP contribution in [-0.2, 0) is 0 Å². The summed E-state index contributed by atoms with van der Waals surface area (Å²) in [6.07, 6.45) is 1.21. The van der Waals surface area contributed by atoms with Gasteiger partial charge >= 0.3 is 0 Å². The lowest BCUT2D eigenvalue weighted by Gasteiger charge is -2.33. The molecule has 0 aromatic rings. The Morgan fingerprint density at radius 3 is 1.64 bits per heavy atom. The van der Waals surface area contributed by atoms with Crippen molar-refractivity contribution in [3.8, 4) is 0 Å². The minimum Gasteiger partial charge on any atom is -0.247 e. The third kappa shape index (κ3) is 2.46. The predicted octanol–water partition coefficient (Wildman–Crippen LogP) is 3.81. The molecule has 0 spiro atoms. The fourth-order valence-corrected chi connectivity index (χ4v) is 1.44. The van der Waals surface area contributed by atoms with Crippen molar-refractivity contribution in [3.63, 3.8) is 0 Å². The van der Waals surface area contributed by atoms with Gasteiger partial charge in [-0.15, -0.1) is 0 Å². The van der Waals surface area contributed by atoms with E-state index in [0.29, 0.717) is 0 Å². The van der Waals surface area contributed by atoms with Crippen LogP contribution in [0.15, 0.2) is 0 Å². The molecule has 0 aliphatic carbocycles. The Balaban J connectivity index is 4.24. The van der Waals surface area contributed by atoms with Gasteiger partial charge in [-0.1, -0.05) is 34.6 Å². The van der Waals surface area contributed by atoms with Crippen LogP contribution in [0.4, 0.5) is 4.39 Å². The van der Waals surface area contributed by atoms with E-state index in [2.05, 4.69) is 13.8 Å². The van der Waals surface area contributed by atoms with Gasteiger partial charge < -0.3 is 0 Å². The molecular weight excluding hydrogens is 139 g/mol. The second kappa shape index (κ2) is 4.08. The van der Waals surface area contributed by atoms with Crippen LogP contribution < -0.4 is 0 Å². The second-order valence-corrected chi connectivity index (χ2v) is 4.01. The molecule has 0 bridgehead atoms. The number of hydrogen-bond acceptors (Lipinski definition) is 0. The molecule has 0 N–H and O–H groups in total. The Bertz CT molecular complexity index is 103. The Hall–Kier alpha value is -0.0700. The molecule has 11 heavy (non-hydrogen) atoms. The summed E-state index contributed by atoms with van der Waals surface area (Å²) in [4.78, 5) is 0. The average Bonchev–Trinajstić information content (AvgIpc) is 2.01. The minimum atomic E-state index is -0.655. The van der Waals surface area contributed by atoms with Crippen molar-refractivity contribution in [1.29, 1.82) is 0 Å². The third-order valence-corrected chi connectivity index (χ3v) is 2.87. The molecule has 0 aromatic carbocycles. The summed E-state index contributed by atoms with van der Waals surface area (Å²) in [6.45, 7) is 10.1. The fourth-order valence-electron chi connectivity index (χ4n) is 1.44. The first-order valence-electron chi connectivity index (χ1n) is 4.62. The zero-order chi connectivity index (χ0) is 9.07. The van der Waals surface area contributed by atoms with Crippen LogP contribution in [0.5, 0.6) is 0 Å². The summed E-state index contributed by atoms with van der Waals surface area (Å²) < 4.78 is 13.6. The van der Waals surface area contributed by atoms with Crippen LogP contribution >= 0.6 is 0 Å². The van der Waals surface area contributed by atoms with Gasteiger partial charge in [0.1, 0.15) is 6.17 Å². The minimum absolute atomic E-state index is 0.103. The van der Waals surface area contributed by atoms with E-state index in [1.165, 1.54) is 0 Å². The lowest BCUT2D eigenvalue weighted by Crippen LogP contribution is -2.31. The average molecular weight is 160 g/mol. The molecule has 0 fully saturated rings. The molecule has 68 valence electrons. The van der Waals surface area contributed by atoms with Gasteiger partial charge in [-0.25, -0.2) is 4.39 Å². The van der Waals surface area contributed by atoms with E-state index in [9.17, 15) is 4.39 Å². The number of hydrogen-bond donors (Lipinski definition) is 0. The van der Waals surface area contributed by atoms with Gasteiger partial charge in [0.2, 0.25) is 0 Å². The molecule has 0 nitrogen and oxygen atoms in total. The van der Waals surface area contributed by atoms with Gasteiger partial charge in [0.25, 0.3) is 0 Å². The van der Waals surface area contributed by atoms with Crippen molar-refractivity contribution < 1.29 is 4.39 Å². The zero-order valence-electron chi connectivity index (χ0n) is 8.45. The van der Waals surface area contributed by atoms with Gasteiger partial charge in [-0.05, 0) is 24.2 Å². The molecular formula is C10H21F. The Morgan fingerprint density at radius 1 is 1.18 bits per heavy atom. The van der Waals surface area contributed by atoms with E-state index >= 15 is 0 Å². The molecule has 0 radical (unpaired) electrons. The largest absolute Gasteiger partial charge is 0.247 e. The Morgan fingerprint density at radius 2 is 1.55 bits per heavy atom. The molecule has 1 unspecified atom stereocenters. The summed E-state index contributed by atoms with van der Waals surface area (Å²) in [6, 6.07) is 0.